The van der Waals surface area contributed by atoms with Gasteiger partial charge in [0.25, 0.3) is 0 Å². The van der Waals surface area contributed by atoms with E-state index < -0.39 is 0 Å². The number of aryl methyl sites for hydroxylation is 1. The topological polar surface area (TPSA) is 76.4 Å². The van der Waals surface area contributed by atoms with E-state index in [4.69, 9.17) is 4.74 Å². The van der Waals surface area contributed by atoms with Gasteiger partial charge in [0.2, 0.25) is 0 Å². The second-order valence-corrected chi connectivity index (χ2v) is 5.99. The van der Waals surface area contributed by atoms with Crippen molar-refractivity contribution in [3.05, 3.63) is 42.0 Å². The average Bonchev–Trinajstić information content (AvgIpc) is 3.02. The Balaban J connectivity index is 1.78. The van der Waals surface area contributed by atoms with E-state index in [1.165, 1.54) is 11.9 Å². The van der Waals surface area contributed by atoms with Crippen LogP contribution in [0.1, 0.15) is 38.1 Å². The van der Waals surface area contributed by atoms with Gasteiger partial charge in [-0.3, -0.25) is 4.68 Å². The van der Waals surface area contributed by atoms with E-state index in [0.717, 1.165) is 24.1 Å². The van der Waals surface area contributed by atoms with E-state index in [1.54, 1.807) is 4.68 Å². The molecule has 7 heteroatoms. The van der Waals surface area contributed by atoms with Crippen LogP contribution in [0.15, 0.2) is 35.6 Å². The number of ether oxygens (including phenoxy) is 1. The number of hydrogen-bond acceptors (Lipinski definition) is 4. The summed E-state index contributed by atoms with van der Waals surface area (Å²) in [5, 5.41) is 10.5. The molecule has 0 saturated heterocycles. The maximum atomic E-state index is 5.77. The third-order valence-electron chi connectivity index (χ3n) is 3.74. The number of nitrogens with zero attached hydrogens (tertiary/aromatic N) is 4. The SMILES string of the molecule is CCNC(=NCc1ncnn1C)NCCOc1ccc(C(C)C)cc1. The van der Waals surface area contributed by atoms with E-state index in [0.29, 0.717) is 25.6 Å². The molecule has 136 valence electrons. The van der Waals surface area contributed by atoms with Crippen molar-refractivity contribution in [2.45, 2.75) is 33.2 Å². The summed E-state index contributed by atoms with van der Waals surface area (Å²) in [7, 11) is 1.86. The average molecular weight is 344 g/mol. The number of nitrogens with one attached hydrogen (secondary N) is 2. The molecule has 1 aromatic heterocycles. The van der Waals surface area contributed by atoms with E-state index in [9.17, 15) is 0 Å². The Bertz CT molecular complexity index is 662. The van der Waals surface area contributed by atoms with Crippen molar-refractivity contribution in [2.75, 3.05) is 19.7 Å². The van der Waals surface area contributed by atoms with Gasteiger partial charge in [0.05, 0.1) is 6.54 Å². The second kappa shape index (κ2) is 9.66. The van der Waals surface area contributed by atoms with Crippen LogP contribution in [0.25, 0.3) is 0 Å². The number of aliphatic imine (C=N–C) groups is 1. The molecule has 0 spiro atoms. The lowest BCUT2D eigenvalue weighted by molar-refractivity contribution is 0.322. The van der Waals surface area contributed by atoms with Crippen LogP contribution in [-0.4, -0.2) is 40.4 Å². The van der Waals surface area contributed by atoms with Gasteiger partial charge in [-0.2, -0.15) is 5.10 Å². The van der Waals surface area contributed by atoms with E-state index in [2.05, 4.69) is 51.7 Å². The molecule has 0 bridgehead atoms. The van der Waals surface area contributed by atoms with Crippen LogP contribution >= 0.6 is 0 Å². The van der Waals surface area contributed by atoms with Gasteiger partial charge in [-0.05, 0) is 30.5 Å². The summed E-state index contributed by atoms with van der Waals surface area (Å²) in [5.41, 5.74) is 1.32. The van der Waals surface area contributed by atoms with Gasteiger partial charge >= 0.3 is 0 Å². The monoisotopic (exact) mass is 344 g/mol. The van der Waals surface area contributed by atoms with Crippen molar-refractivity contribution in [1.82, 2.24) is 25.4 Å². The summed E-state index contributed by atoms with van der Waals surface area (Å²) in [4.78, 5) is 8.68. The first kappa shape index (κ1) is 18.8. The van der Waals surface area contributed by atoms with Crippen LogP contribution < -0.4 is 15.4 Å². The lowest BCUT2D eigenvalue weighted by Crippen LogP contribution is -2.39. The van der Waals surface area contributed by atoms with Gasteiger partial charge in [-0.25, -0.2) is 9.98 Å². The Morgan fingerprint density at radius 1 is 1.24 bits per heavy atom. The van der Waals surface area contributed by atoms with E-state index >= 15 is 0 Å². The normalized spacial score (nSPS) is 11.6. The molecule has 2 aromatic rings. The van der Waals surface area contributed by atoms with Crippen LogP contribution in [-0.2, 0) is 13.6 Å². The van der Waals surface area contributed by atoms with Gasteiger partial charge in [0.15, 0.2) is 5.96 Å². The molecule has 2 N–H and O–H groups in total. The predicted molar refractivity (Wildman–Crippen MR) is 99.8 cm³/mol. The molecule has 0 unspecified atom stereocenters. The first-order valence-electron chi connectivity index (χ1n) is 8.68. The fourth-order valence-corrected chi connectivity index (χ4v) is 2.24. The minimum atomic E-state index is 0.476. The van der Waals surface area contributed by atoms with Gasteiger partial charge in [-0.15, -0.1) is 0 Å². The molecule has 0 saturated carbocycles. The molecule has 0 amide bonds. The Morgan fingerprint density at radius 2 is 2.00 bits per heavy atom. The van der Waals surface area contributed by atoms with Crippen molar-refractivity contribution in [2.24, 2.45) is 12.0 Å². The van der Waals surface area contributed by atoms with Crippen molar-refractivity contribution >= 4 is 5.96 Å². The highest BCUT2D eigenvalue weighted by molar-refractivity contribution is 5.79. The maximum absolute atomic E-state index is 5.77. The first-order chi connectivity index (χ1) is 12.1. The Labute approximate surface area is 149 Å². The number of aromatic nitrogens is 3. The van der Waals surface area contributed by atoms with Gasteiger partial charge in [0.1, 0.15) is 31.1 Å². The Kier molecular flexibility index (Phi) is 7.25. The smallest absolute Gasteiger partial charge is 0.191 e. The second-order valence-electron chi connectivity index (χ2n) is 5.99. The quantitative estimate of drug-likeness (QED) is 0.436. The summed E-state index contributed by atoms with van der Waals surface area (Å²) < 4.78 is 7.49. The van der Waals surface area contributed by atoms with Crippen LogP contribution in [0.5, 0.6) is 5.75 Å². The minimum Gasteiger partial charge on any atom is -0.492 e. The molecule has 7 nitrogen and oxygen atoms in total. The molecule has 2 rings (SSSR count). The summed E-state index contributed by atoms with van der Waals surface area (Å²) in [6, 6.07) is 8.26. The third kappa shape index (κ3) is 6.10. The van der Waals surface area contributed by atoms with Crippen molar-refractivity contribution in [1.29, 1.82) is 0 Å². The highest BCUT2D eigenvalue weighted by Gasteiger charge is 2.02. The molecule has 0 atom stereocenters. The molecule has 1 aromatic carbocycles. The van der Waals surface area contributed by atoms with Crippen LogP contribution in [0, 0.1) is 0 Å². The summed E-state index contributed by atoms with van der Waals surface area (Å²) in [6.45, 7) is 8.90. The van der Waals surface area contributed by atoms with Crippen molar-refractivity contribution in [3.8, 4) is 5.75 Å². The molecule has 1 heterocycles. The third-order valence-corrected chi connectivity index (χ3v) is 3.74. The molecule has 0 radical (unpaired) electrons. The Hall–Kier alpha value is -2.57. The number of rotatable bonds is 8. The number of hydrogen-bond donors (Lipinski definition) is 2. The van der Waals surface area contributed by atoms with Gasteiger partial charge in [0, 0.05) is 13.6 Å². The molecular formula is C18H28N6O. The summed E-state index contributed by atoms with van der Waals surface area (Å²) in [6.07, 6.45) is 1.53. The van der Waals surface area contributed by atoms with Crippen LogP contribution in [0.4, 0.5) is 0 Å². The summed E-state index contributed by atoms with van der Waals surface area (Å²) >= 11 is 0. The Morgan fingerprint density at radius 3 is 2.60 bits per heavy atom. The van der Waals surface area contributed by atoms with Gasteiger partial charge in [-0.1, -0.05) is 26.0 Å². The largest absolute Gasteiger partial charge is 0.492 e. The lowest BCUT2D eigenvalue weighted by Gasteiger charge is -2.12. The van der Waals surface area contributed by atoms with Crippen molar-refractivity contribution < 1.29 is 4.74 Å². The molecule has 0 aliphatic heterocycles. The zero-order valence-corrected chi connectivity index (χ0v) is 15.5. The first-order valence-corrected chi connectivity index (χ1v) is 8.68. The zero-order chi connectivity index (χ0) is 18.1. The lowest BCUT2D eigenvalue weighted by atomic mass is 10.0. The van der Waals surface area contributed by atoms with Crippen LogP contribution in [0.3, 0.4) is 0 Å². The fraction of sp³-hybridized carbons (Fsp3) is 0.500. The molecular weight excluding hydrogens is 316 g/mol. The highest BCUT2D eigenvalue weighted by atomic mass is 16.5. The zero-order valence-electron chi connectivity index (χ0n) is 15.5. The highest BCUT2D eigenvalue weighted by Crippen LogP contribution is 2.18. The molecule has 0 aliphatic rings. The predicted octanol–water partition coefficient (Wildman–Crippen LogP) is 2.07. The van der Waals surface area contributed by atoms with Gasteiger partial charge < -0.3 is 15.4 Å². The number of benzene rings is 1. The van der Waals surface area contributed by atoms with E-state index in [-0.39, 0.29) is 0 Å². The fourth-order valence-electron chi connectivity index (χ4n) is 2.24. The standard InChI is InChI=1S/C18H28N6O/c1-5-19-18(21-12-17-22-13-23-24(17)4)20-10-11-25-16-8-6-15(7-9-16)14(2)3/h6-9,13-14H,5,10-12H2,1-4H3,(H2,19,20,21). The van der Waals surface area contributed by atoms with Crippen LogP contribution in [0.2, 0.25) is 0 Å². The van der Waals surface area contributed by atoms with Crippen molar-refractivity contribution in [3.63, 3.8) is 0 Å². The maximum Gasteiger partial charge on any atom is 0.191 e. The number of guanidine groups is 1. The molecule has 25 heavy (non-hydrogen) atoms. The minimum absolute atomic E-state index is 0.476. The molecule has 0 aliphatic carbocycles. The summed E-state index contributed by atoms with van der Waals surface area (Å²) in [5.74, 6) is 2.97. The molecule has 0 fully saturated rings. The van der Waals surface area contributed by atoms with E-state index in [1.807, 2.05) is 26.1 Å².